The topological polar surface area (TPSA) is 50.5 Å². The number of aromatic nitrogens is 3. The van der Waals surface area contributed by atoms with Crippen LogP contribution in [0.3, 0.4) is 0 Å². The van der Waals surface area contributed by atoms with Crippen LogP contribution in [0.25, 0.3) is 5.65 Å². The average Bonchev–Trinajstić information content (AvgIpc) is 3.10. The van der Waals surface area contributed by atoms with E-state index in [1.54, 1.807) is 12.1 Å². The second-order valence-corrected chi connectivity index (χ2v) is 7.18. The highest BCUT2D eigenvalue weighted by molar-refractivity contribution is 6.00. The average molecular weight is 406 g/mol. The van der Waals surface area contributed by atoms with Crippen LogP contribution in [0.4, 0.5) is 23.2 Å². The summed E-state index contributed by atoms with van der Waals surface area (Å²) in [7, 11) is 0. The van der Waals surface area contributed by atoms with Crippen LogP contribution in [-0.4, -0.2) is 33.5 Å². The molecule has 1 aliphatic rings. The first-order chi connectivity index (χ1) is 13.8. The molecule has 1 atom stereocenters. The van der Waals surface area contributed by atoms with Gasteiger partial charge >= 0.3 is 6.18 Å². The van der Waals surface area contributed by atoms with Gasteiger partial charge in [0.05, 0.1) is 16.8 Å². The molecule has 0 spiro atoms. The van der Waals surface area contributed by atoms with E-state index in [-0.39, 0.29) is 17.3 Å². The minimum atomic E-state index is -4.47. The second-order valence-electron chi connectivity index (χ2n) is 7.18. The number of hydrogen-bond acceptors (Lipinski definition) is 4. The third-order valence-electron chi connectivity index (χ3n) is 5.23. The first-order valence-electron chi connectivity index (χ1n) is 9.22. The molecule has 2 aromatic heterocycles. The molecule has 1 fully saturated rings. The van der Waals surface area contributed by atoms with Crippen LogP contribution >= 0.6 is 0 Å². The lowest BCUT2D eigenvalue weighted by Crippen LogP contribution is -2.36. The van der Waals surface area contributed by atoms with Crippen molar-refractivity contribution in [3.8, 4) is 0 Å². The number of fused-ring (bicyclic) bond motifs is 1. The van der Waals surface area contributed by atoms with Crippen LogP contribution in [0, 0.1) is 5.82 Å². The van der Waals surface area contributed by atoms with Crippen molar-refractivity contribution in [2.24, 2.45) is 0 Å². The Hall–Kier alpha value is -2.97. The Labute approximate surface area is 164 Å². The van der Waals surface area contributed by atoms with Gasteiger partial charge in [-0.3, -0.25) is 9.20 Å². The number of nitrogens with zero attached hydrogens (tertiary/aromatic N) is 4. The summed E-state index contributed by atoms with van der Waals surface area (Å²) in [5.41, 5.74) is 0.0774. The van der Waals surface area contributed by atoms with E-state index in [1.165, 1.54) is 23.5 Å². The quantitative estimate of drug-likeness (QED) is 0.476. The first-order valence-corrected chi connectivity index (χ1v) is 9.22. The molecule has 1 saturated heterocycles. The Balaban J connectivity index is 1.70. The van der Waals surface area contributed by atoms with Gasteiger partial charge in [0.15, 0.2) is 11.4 Å². The van der Waals surface area contributed by atoms with Crippen LogP contribution in [-0.2, 0) is 6.18 Å². The molecule has 5 nitrogen and oxygen atoms in total. The van der Waals surface area contributed by atoms with Crippen molar-refractivity contribution >= 4 is 17.1 Å². The predicted molar refractivity (Wildman–Crippen MR) is 98.6 cm³/mol. The Morgan fingerprint density at radius 3 is 2.69 bits per heavy atom. The summed E-state index contributed by atoms with van der Waals surface area (Å²) < 4.78 is 54.9. The number of anilines is 1. The Morgan fingerprint density at radius 2 is 1.97 bits per heavy atom. The molecule has 0 saturated carbocycles. The maximum Gasteiger partial charge on any atom is 0.417 e. The van der Waals surface area contributed by atoms with E-state index in [9.17, 15) is 22.4 Å². The van der Waals surface area contributed by atoms with Crippen LogP contribution in [0.1, 0.15) is 47.4 Å². The number of rotatable bonds is 3. The molecule has 0 radical (unpaired) electrons. The number of benzene rings is 1. The number of Topliss-reactive ketones (excluding diaryl/α,β-unsaturated/α-hetero) is 1. The number of ketones is 1. The molecule has 9 heteroatoms. The highest BCUT2D eigenvalue weighted by Gasteiger charge is 2.32. The number of pyridine rings is 1. The zero-order valence-corrected chi connectivity index (χ0v) is 15.6. The van der Waals surface area contributed by atoms with Gasteiger partial charge in [0.25, 0.3) is 0 Å². The van der Waals surface area contributed by atoms with Crippen molar-refractivity contribution in [3.05, 3.63) is 59.3 Å². The van der Waals surface area contributed by atoms with Crippen LogP contribution < -0.4 is 4.90 Å². The SMILES string of the molecule is CC(=O)c1c(F)cccc1N1CCCC(c2nnc3ccc(C(F)(F)F)cn23)C1. The Kier molecular flexibility index (Phi) is 4.76. The van der Waals surface area contributed by atoms with E-state index >= 15 is 0 Å². The lowest BCUT2D eigenvalue weighted by Gasteiger charge is -2.34. The van der Waals surface area contributed by atoms with Crippen molar-refractivity contribution in [3.63, 3.8) is 0 Å². The summed E-state index contributed by atoms with van der Waals surface area (Å²) in [5.74, 6) is -0.732. The van der Waals surface area contributed by atoms with E-state index < -0.39 is 17.6 Å². The van der Waals surface area contributed by atoms with Gasteiger partial charge in [-0.15, -0.1) is 10.2 Å². The monoisotopic (exact) mass is 406 g/mol. The van der Waals surface area contributed by atoms with Gasteiger partial charge < -0.3 is 4.90 Å². The van der Waals surface area contributed by atoms with E-state index in [4.69, 9.17) is 0 Å². The van der Waals surface area contributed by atoms with Crippen molar-refractivity contribution in [2.45, 2.75) is 31.9 Å². The van der Waals surface area contributed by atoms with Crippen molar-refractivity contribution in [1.82, 2.24) is 14.6 Å². The molecule has 1 unspecified atom stereocenters. The van der Waals surface area contributed by atoms with E-state index in [0.29, 0.717) is 36.7 Å². The minimum Gasteiger partial charge on any atom is -0.370 e. The standard InChI is InChI=1S/C20H18F4N4O/c1-12(29)18-15(21)5-2-6-16(18)27-9-3-4-13(10-27)19-26-25-17-8-7-14(11-28(17)19)20(22,23)24/h2,5-8,11,13H,3-4,9-10H2,1H3. The number of carbonyl (C=O) groups is 1. The molecule has 4 rings (SSSR count). The fourth-order valence-electron chi connectivity index (χ4n) is 3.89. The molecule has 3 aromatic rings. The minimum absolute atomic E-state index is 0.0265. The summed E-state index contributed by atoms with van der Waals surface area (Å²) >= 11 is 0. The van der Waals surface area contributed by atoms with Crippen molar-refractivity contribution in [1.29, 1.82) is 0 Å². The number of hydrogen-bond donors (Lipinski definition) is 0. The molecule has 152 valence electrons. The molecule has 0 aliphatic carbocycles. The lowest BCUT2D eigenvalue weighted by atomic mass is 9.95. The summed E-state index contributed by atoms with van der Waals surface area (Å²) in [5, 5.41) is 8.11. The van der Waals surface area contributed by atoms with E-state index in [0.717, 1.165) is 18.7 Å². The van der Waals surface area contributed by atoms with Gasteiger partial charge in [-0.2, -0.15) is 13.2 Å². The smallest absolute Gasteiger partial charge is 0.370 e. The zero-order chi connectivity index (χ0) is 20.8. The fourth-order valence-corrected chi connectivity index (χ4v) is 3.89. The van der Waals surface area contributed by atoms with Crippen molar-refractivity contribution < 1.29 is 22.4 Å². The van der Waals surface area contributed by atoms with Gasteiger partial charge in [-0.05, 0) is 44.0 Å². The highest BCUT2D eigenvalue weighted by Crippen LogP contribution is 2.34. The number of carbonyl (C=O) groups excluding carboxylic acids is 1. The van der Waals surface area contributed by atoms with Gasteiger partial charge in [-0.1, -0.05) is 6.07 Å². The first kappa shape index (κ1) is 19.4. The summed E-state index contributed by atoms with van der Waals surface area (Å²) in [4.78, 5) is 13.8. The Bertz CT molecular complexity index is 1080. The normalized spacial score (nSPS) is 17.7. The van der Waals surface area contributed by atoms with Crippen LogP contribution in [0.5, 0.6) is 0 Å². The Morgan fingerprint density at radius 1 is 1.17 bits per heavy atom. The highest BCUT2D eigenvalue weighted by atomic mass is 19.4. The van der Waals surface area contributed by atoms with Gasteiger partial charge in [0, 0.05) is 25.2 Å². The van der Waals surface area contributed by atoms with Gasteiger partial charge in [-0.25, -0.2) is 4.39 Å². The number of alkyl halides is 3. The molecule has 3 heterocycles. The summed E-state index contributed by atoms with van der Waals surface area (Å²) in [6, 6.07) is 6.74. The lowest BCUT2D eigenvalue weighted by molar-refractivity contribution is -0.137. The molecular weight excluding hydrogens is 388 g/mol. The predicted octanol–water partition coefficient (Wildman–Crippen LogP) is 4.47. The molecule has 0 bridgehead atoms. The fraction of sp³-hybridized carbons (Fsp3) is 0.350. The number of piperidine rings is 1. The maximum atomic E-state index is 14.2. The van der Waals surface area contributed by atoms with E-state index in [2.05, 4.69) is 10.2 Å². The second kappa shape index (κ2) is 7.13. The third-order valence-corrected chi connectivity index (χ3v) is 5.23. The van der Waals surface area contributed by atoms with Gasteiger partial charge in [0.2, 0.25) is 0 Å². The van der Waals surface area contributed by atoms with Crippen LogP contribution in [0.2, 0.25) is 0 Å². The largest absolute Gasteiger partial charge is 0.417 e. The van der Waals surface area contributed by atoms with E-state index in [1.807, 2.05) is 4.90 Å². The molecule has 1 aliphatic heterocycles. The third kappa shape index (κ3) is 3.56. The molecular formula is C20H18F4N4O. The maximum absolute atomic E-state index is 14.2. The van der Waals surface area contributed by atoms with Crippen LogP contribution in [0.15, 0.2) is 36.5 Å². The molecule has 0 amide bonds. The zero-order valence-electron chi connectivity index (χ0n) is 15.6. The molecule has 29 heavy (non-hydrogen) atoms. The summed E-state index contributed by atoms with van der Waals surface area (Å²) in [6.45, 7) is 2.33. The van der Waals surface area contributed by atoms with Crippen molar-refractivity contribution in [2.75, 3.05) is 18.0 Å². The molecule has 1 aromatic carbocycles. The van der Waals surface area contributed by atoms with Gasteiger partial charge in [0.1, 0.15) is 11.6 Å². The summed E-state index contributed by atoms with van der Waals surface area (Å²) in [6.07, 6.45) is -2.02. The molecule has 0 N–H and O–H groups in total. The number of halogens is 4.